The third-order valence-corrected chi connectivity index (χ3v) is 6.10. The summed E-state index contributed by atoms with van der Waals surface area (Å²) in [5.41, 5.74) is 4.43. The van der Waals surface area contributed by atoms with Crippen LogP contribution in [0.4, 0.5) is 5.95 Å². The number of aromatic nitrogens is 2. The molecule has 168 valence electrons. The lowest BCUT2D eigenvalue weighted by Gasteiger charge is -2.34. The second-order valence-corrected chi connectivity index (χ2v) is 8.36. The van der Waals surface area contributed by atoms with Gasteiger partial charge in [0.1, 0.15) is 5.75 Å². The molecule has 0 aliphatic carbocycles. The van der Waals surface area contributed by atoms with E-state index < -0.39 is 0 Å². The lowest BCUT2D eigenvalue weighted by atomic mass is 10.0. The number of benzene rings is 2. The van der Waals surface area contributed by atoms with Gasteiger partial charge in [-0.25, -0.2) is 9.97 Å². The van der Waals surface area contributed by atoms with Gasteiger partial charge in [-0.15, -0.1) is 0 Å². The number of aromatic hydroxyl groups is 1. The summed E-state index contributed by atoms with van der Waals surface area (Å²) in [5, 5.41) is 16.4. The molecular weight excluding hydrogens is 398 g/mol. The van der Waals surface area contributed by atoms with Crippen LogP contribution >= 0.6 is 0 Å². The summed E-state index contributed by atoms with van der Waals surface area (Å²) in [4.78, 5) is 11.7. The molecule has 0 saturated carbocycles. The fourth-order valence-electron chi connectivity index (χ4n) is 4.37. The van der Waals surface area contributed by atoms with Crippen molar-refractivity contribution >= 4 is 5.95 Å². The largest absolute Gasteiger partial charge is 0.508 e. The van der Waals surface area contributed by atoms with Gasteiger partial charge in [-0.2, -0.15) is 0 Å². The Kier molecular flexibility index (Phi) is 7.69. The Labute approximate surface area is 190 Å². The molecule has 1 aromatic heterocycles. The van der Waals surface area contributed by atoms with Crippen molar-refractivity contribution < 1.29 is 5.11 Å². The molecular formula is C26H33N5O. The topological polar surface area (TPSA) is 73.3 Å². The maximum absolute atomic E-state index is 9.61. The highest BCUT2D eigenvalue weighted by atomic mass is 16.3. The Balaban J connectivity index is 1.40. The summed E-state index contributed by atoms with van der Waals surface area (Å²) in [6, 6.07) is 18.7. The maximum atomic E-state index is 9.61. The van der Waals surface area contributed by atoms with Crippen LogP contribution < -0.4 is 10.6 Å². The van der Waals surface area contributed by atoms with Crippen molar-refractivity contribution in [2.45, 2.75) is 38.8 Å². The monoisotopic (exact) mass is 431 g/mol. The van der Waals surface area contributed by atoms with E-state index in [0.717, 1.165) is 49.4 Å². The van der Waals surface area contributed by atoms with Crippen molar-refractivity contribution in [2.75, 3.05) is 31.5 Å². The number of hydrogen-bond acceptors (Lipinski definition) is 6. The van der Waals surface area contributed by atoms with Crippen molar-refractivity contribution in [2.24, 2.45) is 0 Å². The quantitative estimate of drug-likeness (QED) is 0.474. The second-order valence-electron chi connectivity index (χ2n) is 8.36. The number of hydrogen-bond donors (Lipinski definition) is 3. The molecule has 3 N–H and O–H groups in total. The summed E-state index contributed by atoms with van der Waals surface area (Å²) in [5.74, 6) is 0.917. The fourth-order valence-corrected chi connectivity index (χ4v) is 4.37. The van der Waals surface area contributed by atoms with E-state index in [2.05, 4.69) is 51.7 Å². The Hall–Kier alpha value is -2.96. The van der Waals surface area contributed by atoms with Crippen LogP contribution in [0.5, 0.6) is 5.75 Å². The summed E-state index contributed by atoms with van der Waals surface area (Å²) in [7, 11) is 0. The molecule has 0 bridgehead atoms. The third kappa shape index (κ3) is 6.05. The molecule has 1 aliphatic rings. The van der Waals surface area contributed by atoms with Gasteiger partial charge in [0, 0.05) is 30.9 Å². The number of rotatable bonds is 9. The van der Waals surface area contributed by atoms with E-state index >= 15 is 0 Å². The van der Waals surface area contributed by atoms with Crippen LogP contribution in [0.1, 0.15) is 30.9 Å². The van der Waals surface area contributed by atoms with Gasteiger partial charge in [-0.1, -0.05) is 37.3 Å². The summed E-state index contributed by atoms with van der Waals surface area (Å²) in [6.45, 7) is 7.22. The van der Waals surface area contributed by atoms with Crippen LogP contribution in [0.25, 0.3) is 11.3 Å². The number of phenolic OH excluding ortho intramolecular Hbond substituents is 1. The molecule has 0 unspecified atom stereocenters. The molecule has 1 saturated heterocycles. The van der Waals surface area contributed by atoms with Gasteiger partial charge in [0.25, 0.3) is 0 Å². The molecule has 1 fully saturated rings. The van der Waals surface area contributed by atoms with Crippen molar-refractivity contribution in [1.82, 2.24) is 20.2 Å². The van der Waals surface area contributed by atoms with Crippen LogP contribution in [0.2, 0.25) is 0 Å². The van der Waals surface area contributed by atoms with E-state index in [9.17, 15) is 5.11 Å². The minimum atomic E-state index is 0.294. The maximum Gasteiger partial charge on any atom is 0.223 e. The number of phenols is 1. The molecule has 3 aromatic rings. The summed E-state index contributed by atoms with van der Waals surface area (Å²) >= 11 is 0. The number of piperidine rings is 1. The number of anilines is 1. The predicted octanol–water partition coefficient (Wildman–Crippen LogP) is 4.08. The highest BCUT2D eigenvalue weighted by molar-refractivity contribution is 5.61. The molecule has 2 aromatic carbocycles. The van der Waals surface area contributed by atoms with E-state index in [1.54, 1.807) is 18.3 Å². The Morgan fingerprint density at radius 3 is 2.69 bits per heavy atom. The zero-order valence-electron chi connectivity index (χ0n) is 18.8. The molecule has 1 aliphatic heterocycles. The minimum absolute atomic E-state index is 0.294. The molecule has 6 heteroatoms. The van der Waals surface area contributed by atoms with Crippen LogP contribution in [0.3, 0.4) is 0 Å². The molecule has 0 atom stereocenters. The Bertz CT molecular complexity index is 1000. The van der Waals surface area contributed by atoms with Gasteiger partial charge in [0.2, 0.25) is 5.95 Å². The molecule has 32 heavy (non-hydrogen) atoms. The van der Waals surface area contributed by atoms with Gasteiger partial charge >= 0.3 is 0 Å². The minimum Gasteiger partial charge on any atom is -0.508 e. The molecule has 0 spiro atoms. The first-order valence-electron chi connectivity index (χ1n) is 11.6. The lowest BCUT2D eigenvalue weighted by Crippen LogP contribution is -2.42. The van der Waals surface area contributed by atoms with Gasteiger partial charge in [0.15, 0.2) is 0 Å². The van der Waals surface area contributed by atoms with E-state index in [4.69, 9.17) is 4.98 Å². The van der Waals surface area contributed by atoms with Gasteiger partial charge in [-0.05, 0) is 74.3 Å². The molecule has 4 rings (SSSR count). The second kappa shape index (κ2) is 11.1. The molecule has 0 amide bonds. The van der Waals surface area contributed by atoms with Gasteiger partial charge in [-0.3, -0.25) is 4.90 Å². The van der Waals surface area contributed by atoms with Crippen molar-refractivity contribution in [1.29, 1.82) is 0 Å². The van der Waals surface area contributed by atoms with E-state index in [0.29, 0.717) is 24.3 Å². The zero-order valence-corrected chi connectivity index (χ0v) is 18.8. The normalized spacial score (nSPS) is 14.6. The first-order chi connectivity index (χ1) is 15.7. The van der Waals surface area contributed by atoms with Crippen molar-refractivity contribution in [3.63, 3.8) is 0 Å². The van der Waals surface area contributed by atoms with Crippen molar-refractivity contribution in [3.05, 3.63) is 71.9 Å². The lowest BCUT2D eigenvalue weighted by molar-refractivity contribution is 0.162. The average molecular weight is 432 g/mol. The summed E-state index contributed by atoms with van der Waals surface area (Å²) < 4.78 is 0. The van der Waals surface area contributed by atoms with Crippen LogP contribution in [0.15, 0.2) is 60.8 Å². The molecule has 0 radical (unpaired) electrons. The Morgan fingerprint density at radius 2 is 1.88 bits per heavy atom. The number of nitrogens with one attached hydrogen (secondary N) is 2. The van der Waals surface area contributed by atoms with Crippen LogP contribution in [-0.2, 0) is 13.0 Å². The van der Waals surface area contributed by atoms with Crippen LogP contribution in [-0.4, -0.2) is 52.2 Å². The fraction of sp³-hybridized carbons (Fsp3) is 0.385. The number of nitrogens with zero attached hydrogens (tertiary/aromatic N) is 3. The highest BCUT2D eigenvalue weighted by Gasteiger charge is 2.19. The van der Waals surface area contributed by atoms with E-state index in [-0.39, 0.29) is 0 Å². The smallest absolute Gasteiger partial charge is 0.223 e. The average Bonchev–Trinajstić information content (AvgIpc) is 2.83. The van der Waals surface area contributed by atoms with Gasteiger partial charge in [0.05, 0.1) is 5.69 Å². The van der Waals surface area contributed by atoms with E-state index in [1.165, 1.54) is 18.4 Å². The summed E-state index contributed by atoms with van der Waals surface area (Å²) in [6.07, 6.45) is 5.04. The Morgan fingerprint density at radius 1 is 1.06 bits per heavy atom. The standard InChI is InChI=1S/C26H33N5O/c1-2-31(23-10-13-27-14-11-23)19-21-6-3-7-22(17-21)25-12-16-29-26(30-25)28-15-9-20-5-4-8-24(32)18-20/h3-8,12,16-18,23,27,32H,2,9-11,13-15,19H2,1H3,(H,28,29,30). The highest BCUT2D eigenvalue weighted by Crippen LogP contribution is 2.22. The first-order valence-corrected chi connectivity index (χ1v) is 11.6. The molecule has 6 nitrogen and oxygen atoms in total. The van der Waals surface area contributed by atoms with E-state index in [1.807, 2.05) is 18.2 Å². The van der Waals surface area contributed by atoms with Gasteiger partial charge < -0.3 is 15.7 Å². The predicted molar refractivity (Wildman–Crippen MR) is 130 cm³/mol. The van der Waals surface area contributed by atoms with Crippen LogP contribution in [0, 0.1) is 0 Å². The molecule has 2 heterocycles. The zero-order chi connectivity index (χ0) is 22.2. The SMILES string of the molecule is CCN(Cc1cccc(-c2ccnc(NCCc3cccc(O)c3)n2)c1)C1CCNCC1. The third-order valence-electron chi connectivity index (χ3n) is 6.10. The first kappa shape index (κ1) is 22.2. The van der Waals surface area contributed by atoms with Crippen molar-refractivity contribution in [3.8, 4) is 17.0 Å².